The Morgan fingerprint density at radius 2 is 2.11 bits per heavy atom. The van der Waals surface area contributed by atoms with E-state index in [1.54, 1.807) is 0 Å². The fraction of sp³-hybridized carbons (Fsp3) is 0.750. The lowest BCUT2D eigenvalue weighted by atomic mass is 9.71. The SMILES string of the molecule is C=CC[C@@]1(O)CCCC[C@@H]1C(/C=C/C)O[Si](C)(C)C. The quantitative estimate of drug-likeness (QED) is 0.582. The molecule has 0 heterocycles. The van der Waals surface area contributed by atoms with Crippen LogP contribution in [-0.2, 0) is 4.43 Å². The first-order valence-electron chi connectivity index (χ1n) is 7.46. The van der Waals surface area contributed by atoms with Gasteiger partial charge in [0, 0.05) is 5.92 Å². The first-order chi connectivity index (χ1) is 8.82. The van der Waals surface area contributed by atoms with Crippen LogP contribution >= 0.6 is 0 Å². The lowest BCUT2D eigenvalue weighted by Gasteiger charge is -2.44. The van der Waals surface area contributed by atoms with Gasteiger partial charge in [-0.05, 0) is 45.8 Å². The third kappa shape index (κ3) is 4.90. The van der Waals surface area contributed by atoms with Gasteiger partial charge in [-0.3, -0.25) is 0 Å². The summed E-state index contributed by atoms with van der Waals surface area (Å²) in [6.07, 6.45) is 10.9. The lowest BCUT2D eigenvalue weighted by molar-refractivity contribution is -0.0781. The van der Waals surface area contributed by atoms with E-state index < -0.39 is 13.9 Å². The van der Waals surface area contributed by atoms with Gasteiger partial charge in [-0.2, -0.15) is 0 Å². The minimum atomic E-state index is -1.62. The van der Waals surface area contributed by atoms with Gasteiger partial charge in [0.15, 0.2) is 8.32 Å². The zero-order valence-corrected chi connectivity index (χ0v) is 14.0. The van der Waals surface area contributed by atoms with Gasteiger partial charge in [-0.15, -0.1) is 6.58 Å². The Hall–Kier alpha value is -0.383. The summed E-state index contributed by atoms with van der Waals surface area (Å²) in [4.78, 5) is 0. The van der Waals surface area contributed by atoms with E-state index in [9.17, 15) is 5.11 Å². The van der Waals surface area contributed by atoms with Gasteiger partial charge in [-0.1, -0.05) is 31.1 Å². The maximum Gasteiger partial charge on any atom is 0.184 e. The topological polar surface area (TPSA) is 29.5 Å². The molecule has 0 radical (unpaired) electrons. The number of rotatable bonds is 6. The summed E-state index contributed by atoms with van der Waals surface area (Å²) in [6, 6.07) is 0. The van der Waals surface area contributed by atoms with Crippen molar-refractivity contribution in [3.63, 3.8) is 0 Å². The Labute approximate surface area is 119 Å². The first kappa shape index (κ1) is 16.7. The van der Waals surface area contributed by atoms with E-state index >= 15 is 0 Å². The molecule has 0 bridgehead atoms. The van der Waals surface area contributed by atoms with Crippen LogP contribution in [0.4, 0.5) is 0 Å². The first-order valence-corrected chi connectivity index (χ1v) is 10.9. The van der Waals surface area contributed by atoms with Gasteiger partial charge in [0.05, 0.1) is 11.7 Å². The van der Waals surface area contributed by atoms with Gasteiger partial charge < -0.3 is 9.53 Å². The molecule has 1 unspecified atom stereocenters. The monoisotopic (exact) mass is 282 g/mol. The molecule has 0 aliphatic heterocycles. The molecule has 3 heteroatoms. The predicted molar refractivity (Wildman–Crippen MR) is 84.8 cm³/mol. The van der Waals surface area contributed by atoms with Crippen molar-refractivity contribution in [1.29, 1.82) is 0 Å². The fourth-order valence-electron chi connectivity index (χ4n) is 3.08. The zero-order chi connectivity index (χ0) is 14.5. The van der Waals surface area contributed by atoms with Crippen LogP contribution in [0.5, 0.6) is 0 Å². The Morgan fingerprint density at radius 3 is 2.63 bits per heavy atom. The van der Waals surface area contributed by atoms with Crippen LogP contribution < -0.4 is 0 Å². The van der Waals surface area contributed by atoms with Crippen molar-refractivity contribution in [2.75, 3.05) is 0 Å². The second-order valence-electron chi connectivity index (χ2n) is 6.67. The molecule has 0 aromatic rings. The molecule has 0 spiro atoms. The van der Waals surface area contributed by atoms with Crippen LogP contribution in [0, 0.1) is 5.92 Å². The molecular formula is C16H30O2Si. The molecule has 1 rings (SSSR count). The molecule has 1 N–H and O–H groups in total. The number of hydrogen-bond acceptors (Lipinski definition) is 2. The van der Waals surface area contributed by atoms with Gasteiger partial charge >= 0.3 is 0 Å². The molecule has 19 heavy (non-hydrogen) atoms. The summed E-state index contributed by atoms with van der Waals surface area (Å²) < 4.78 is 6.32. The van der Waals surface area contributed by atoms with Crippen LogP contribution in [0.3, 0.4) is 0 Å². The minimum Gasteiger partial charge on any atom is -0.411 e. The second-order valence-corrected chi connectivity index (χ2v) is 11.1. The highest BCUT2D eigenvalue weighted by Gasteiger charge is 2.42. The summed E-state index contributed by atoms with van der Waals surface area (Å²) in [6.45, 7) is 12.4. The van der Waals surface area contributed by atoms with E-state index in [4.69, 9.17) is 4.43 Å². The zero-order valence-electron chi connectivity index (χ0n) is 13.0. The Bertz CT molecular complexity index is 319. The van der Waals surface area contributed by atoms with Crippen LogP contribution in [0.15, 0.2) is 24.8 Å². The lowest BCUT2D eigenvalue weighted by Crippen LogP contribution is -2.49. The van der Waals surface area contributed by atoms with Crippen LogP contribution in [0.2, 0.25) is 19.6 Å². The summed E-state index contributed by atoms with van der Waals surface area (Å²) in [5.41, 5.74) is -0.635. The van der Waals surface area contributed by atoms with Gasteiger partial charge in [0.2, 0.25) is 0 Å². The van der Waals surface area contributed by atoms with E-state index in [1.165, 1.54) is 6.42 Å². The maximum atomic E-state index is 11.0. The van der Waals surface area contributed by atoms with E-state index in [0.717, 1.165) is 19.3 Å². The smallest absolute Gasteiger partial charge is 0.184 e. The molecule has 0 aromatic carbocycles. The molecule has 2 nitrogen and oxygen atoms in total. The van der Waals surface area contributed by atoms with Gasteiger partial charge in [0.1, 0.15) is 0 Å². The molecule has 1 aliphatic rings. The molecule has 3 atom stereocenters. The Kier molecular flexibility index (Phi) is 6.02. The van der Waals surface area contributed by atoms with E-state index in [1.807, 2.05) is 19.1 Å². The Balaban J connectivity index is 2.93. The number of hydrogen-bond donors (Lipinski definition) is 1. The molecule has 1 aliphatic carbocycles. The minimum absolute atomic E-state index is 0.0434. The van der Waals surface area contributed by atoms with Crippen LogP contribution in [0.25, 0.3) is 0 Å². The summed E-state index contributed by atoms with van der Waals surface area (Å²) in [5, 5.41) is 11.0. The standard InChI is InChI=1S/C16H30O2Si/c1-6-10-15(18-19(3,4)5)14-11-8-9-13-16(14,17)12-7-2/h6-7,10,14-15,17H,2,8-9,11-13H2,1,3-5H3/b10-6+/t14-,15?,16-/m1/s1. The molecule has 1 saturated carbocycles. The van der Waals surface area contributed by atoms with Crippen LogP contribution in [0.1, 0.15) is 39.0 Å². The van der Waals surface area contributed by atoms with E-state index in [0.29, 0.717) is 6.42 Å². The van der Waals surface area contributed by atoms with Crippen molar-refractivity contribution >= 4 is 8.32 Å². The van der Waals surface area contributed by atoms with Crippen LogP contribution in [-0.4, -0.2) is 25.1 Å². The molecule has 0 aromatic heterocycles. The normalized spacial score (nSPS) is 30.5. The number of aliphatic hydroxyl groups is 1. The van der Waals surface area contributed by atoms with E-state index in [-0.39, 0.29) is 12.0 Å². The highest BCUT2D eigenvalue weighted by molar-refractivity contribution is 6.69. The predicted octanol–water partition coefficient (Wildman–Crippen LogP) is 4.28. The average molecular weight is 282 g/mol. The summed E-state index contributed by atoms with van der Waals surface area (Å²) in [7, 11) is -1.62. The van der Waals surface area contributed by atoms with Gasteiger partial charge in [0.25, 0.3) is 0 Å². The van der Waals surface area contributed by atoms with Crippen molar-refractivity contribution in [3.05, 3.63) is 24.8 Å². The van der Waals surface area contributed by atoms with E-state index in [2.05, 4.69) is 32.3 Å². The second kappa shape index (κ2) is 6.87. The molecule has 1 fully saturated rings. The highest BCUT2D eigenvalue weighted by Crippen LogP contribution is 2.40. The molecular weight excluding hydrogens is 252 g/mol. The molecule has 0 saturated heterocycles. The molecule has 0 amide bonds. The van der Waals surface area contributed by atoms with Crippen molar-refractivity contribution in [2.45, 2.75) is 70.4 Å². The van der Waals surface area contributed by atoms with Crippen molar-refractivity contribution in [3.8, 4) is 0 Å². The maximum absolute atomic E-state index is 11.0. The average Bonchev–Trinajstić information content (AvgIpc) is 2.27. The summed E-state index contributed by atoms with van der Waals surface area (Å²) >= 11 is 0. The number of allylic oxidation sites excluding steroid dienone is 1. The van der Waals surface area contributed by atoms with Gasteiger partial charge in [-0.25, -0.2) is 0 Å². The Morgan fingerprint density at radius 1 is 1.42 bits per heavy atom. The third-order valence-corrected chi connectivity index (χ3v) is 4.81. The summed E-state index contributed by atoms with van der Waals surface area (Å²) in [5.74, 6) is 0.196. The highest BCUT2D eigenvalue weighted by atomic mass is 28.4. The molecule has 110 valence electrons. The van der Waals surface area contributed by atoms with Crippen molar-refractivity contribution in [2.24, 2.45) is 5.92 Å². The largest absolute Gasteiger partial charge is 0.411 e. The third-order valence-electron chi connectivity index (χ3n) is 3.83. The van der Waals surface area contributed by atoms with Crippen molar-refractivity contribution < 1.29 is 9.53 Å². The fourth-order valence-corrected chi connectivity index (χ4v) is 4.14. The van der Waals surface area contributed by atoms with Crippen molar-refractivity contribution in [1.82, 2.24) is 0 Å².